The lowest BCUT2D eigenvalue weighted by molar-refractivity contribution is 0.334. The fraction of sp³-hybridized carbons (Fsp3) is 0.241. The van der Waals surface area contributed by atoms with Gasteiger partial charge in [-0.15, -0.1) is 5.10 Å². The van der Waals surface area contributed by atoms with E-state index >= 15 is 0 Å². The monoisotopic (exact) mass is 479 g/mol. The molecule has 0 unspecified atom stereocenters. The van der Waals surface area contributed by atoms with Gasteiger partial charge in [0.2, 0.25) is 5.95 Å². The fourth-order valence-electron chi connectivity index (χ4n) is 4.84. The maximum atomic E-state index is 4.76. The van der Waals surface area contributed by atoms with Crippen LogP contribution in [0.25, 0.3) is 28.0 Å². The van der Waals surface area contributed by atoms with Crippen molar-refractivity contribution < 1.29 is 0 Å². The molecule has 0 amide bonds. The molecule has 6 rings (SSSR count). The molecule has 1 N–H and O–H groups in total. The van der Waals surface area contributed by atoms with E-state index in [1.54, 1.807) is 11.3 Å². The molecule has 0 atom stereocenters. The van der Waals surface area contributed by atoms with E-state index in [4.69, 9.17) is 10.1 Å². The van der Waals surface area contributed by atoms with E-state index in [9.17, 15) is 0 Å². The fourth-order valence-corrected chi connectivity index (χ4v) is 5.50. The van der Waals surface area contributed by atoms with Crippen LogP contribution in [0, 0.1) is 0 Å². The first kappa shape index (κ1) is 22.0. The van der Waals surface area contributed by atoms with E-state index in [2.05, 4.69) is 81.6 Å². The second-order valence-corrected chi connectivity index (χ2v) is 9.96. The van der Waals surface area contributed by atoms with Crippen molar-refractivity contribution in [2.24, 2.45) is 0 Å². The van der Waals surface area contributed by atoms with Gasteiger partial charge in [0.1, 0.15) is 0 Å². The smallest absolute Gasteiger partial charge is 0.247 e. The summed E-state index contributed by atoms with van der Waals surface area (Å²) in [6, 6.07) is 25.6. The number of benzene rings is 2. The molecule has 4 heterocycles. The maximum Gasteiger partial charge on any atom is 0.247 e. The molecule has 176 valence electrons. The lowest BCUT2D eigenvalue weighted by atomic mass is 10.0. The highest BCUT2D eigenvalue weighted by molar-refractivity contribution is 7.08. The summed E-state index contributed by atoms with van der Waals surface area (Å²) in [5, 5.41) is 12.4. The number of rotatable bonds is 8. The minimum absolute atomic E-state index is 0.606. The molecule has 6 heteroatoms. The van der Waals surface area contributed by atoms with Crippen molar-refractivity contribution in [1.29, 1.82) is 0 Å². The number of hydrogen-bond donors (Lipinski definition) is 1. The van der Waals surface area contributed by atoms with Gasteiger partial charge in [-0.25, -0.2) is 4.52 Å². The van der Waals surface area contributed by atoms with Crippen LogP contribution in [0.1, 0.15) is 24.8 Å². The minimum Gasteiger partial charge on any atom is -0.323 e. The van der Waals surface area contributed by atoms with Crippen LogP contribution >= 0.6 is 11.3 Å². The first-order valence-corrected chi connectivity index (χ1v) is 13.3. The Morgan fingerprint density at radius 1 is 0.829 bits per heavy atom. The second kappa shape index (κ2) is 10.0. The van der Waals surface area contributed by atoms with Gasteiger partial charge in [-0.2, -0.15) is 16.3 Å². The predicted octanol–water partition coefficient (Wildman–Crippen LogP) is 6.90. The summed E-state index contributed by atoms with van der Waals surface area (Å²) < 4.78 is 1.91. The molecule has 0 radical (unpaired) electrons. The zero-order valence-corrected chi connectivity index (χ0v) is 20.5. The Kier molecular flexibility index (Phi) is 6.30. The summed E-state index contributed by atoms with van der Waals surface area (Å²) in [5.41, 5.74) is 7.83. The number of aromatic nitrogens is 3. The van der Waals surface area contributed by atoms with Crippen LogP contribution in [0.2, 0.25) is 0 Å². The number of likely N-dealkylation sites (tertiary alicyclic amines) is 1. The summed E-state index contributed by atoms with van der Waals surface area (Å²) >= 11 is 1.72. The molecule has 1 aliphatic heterocycles. The van der Waals surface area contributed by atoms with Crippen LogP contribution in [0.4, 0.5) is 11.6 Å². The van der Waals surface area contributed by atoms with E-state index in [1.165, 1.54) is 55.6 Å². The Bertz CT molecular complexity index is 1380. The van der Waals surface area contributed by atoms with E-state index in [-0.39, 0.29) is 0 Å². The van der Waals surface area contributed by atoms with Crippen molar-refractivity contribution >= 4 is 28.6 Å². The number of nitrogens with zero attached hydrogens (tertiary/aromatic N) is 4. The molecule has 0 aliphatic carbocycles. The van der Waals surface area contributed by atoms with Gasteiger partial charge in [0.25, 0.3) is 0 Å². The molecule has 5 nitrogen and oxygen atoms in total. The Morgan fingerprint density at radius 2 is 1.63 bits per heavy atom. The number of thiophene rings is 1. The number of aryl methyl sites for hydroxylation is 1. The summed E-state index contributed by atoms with van der Waals surface area (Å²) in [5.74, 6) is 0.606. The van der Waals surface area contributed by atoms with Gasteiger partial charge in [-0.05, 0) is 103 Å². The van der Waals surface area contributed by atoms with Crippen LogP contribution in [0.3, 0.4) is 0 Å². The average molecular weight is 480 g/mol. The Morgan fingerprint density at radius 3 is 2.40 bits per heavy atom. The SMILES string of the molecule is c1cc(-c2ccc(-c3ccsc3)cc2)n2nc(Nc3ccc(CCCN4CCCC4)cc3)nc2c1. The number of nitrogens with one attached hydrogen (secondary N) is 1. The van der Waals surface area contributed by atoms with Gasteiger partial charge >= 0.3 is 0 Å². The van der Waals surface area contributed by atoms with Crippen LogP contribution < -0.4 is 5.32 Å². The molecule has 35 heavy (non-hydrogen) atoms. The number of fused-ring (bicyclic) bond motifs is 1. The van der Waals surface area contributed by atoms with Gasteiger partial charge in [-0.1, -0.05) is 42.5 Å². The Balaban J connectivity index is 1.15. The van der Waals surface area contributed by atoms with E-state index in [1.807, 2.05) is 16.6 Å². The van der Waals surface area contributed by atoms with Crippen LogP contribution in [0.15, 0.2) is 83.6 Å². The molecule has 1 aliphatic rings. The molecule has 5 aromatic rings. The topological polar surface area (TPSA) is 45.5 Å². The Hall–Kier alpha value is -3.48. The first-order chi connectivity index (χ1) is 17.3. The van der Waals surface area contributed by atoms with E-state index in [0.717, 1.165) is 29.0 Å². The van der Waals surface area contributed by atoms with Crippen molar-refractivity contribution in [3.05, 3.63) is 89.1 Å². The lowest BCUT2D eigenvalue weighted by Gasteiger charge is -2.14. The molecule has 0 saturated carbocycles. The molecular weight excluding hydrogens is 450 g/mol. The van der Waals surface area contributed by atoms with Crippen LogP contribution in [0.5, 0.6) is 0 Å². The predicted molar refractivity (Wildman–Crippen MR) is 145 cm³/mol. The molecule has 0 spiro atoms. The van der Waals surface area contributed by atoms with Gasteiger partial charge in [0.05, 0.1) is 5.69 Å². The number of pyridine rings is 1. The average Bonchev–Trinajstić information content (AvgIpc) is 3.67. The molecule has 3 aromatic heterocycles. The highest BCUT2D eigenvalue weighted by Crippen LogP contribution is 2.27. The summed E-state index contributed by atoms with van der Waals surface area (Å²) in [6.07, 6.45) is 5.07. The highest BCUT2D eigenvalue weighted by Gasteiger charge is 2.11. The third-order valence-electron chi connectivity index (χ3n) is 6.74. The molecule has 2 aromatic carbocycles. The number of hydrogen-bond acceptors (Lipinski definition) is 5. The van der Waals surface area contributed by atoms with Crippen LogP contribution in [-0.2, 0) is 6.42 Å². The second-order valence-electron chi connectivity index (χ2n) is 9.18. The van der Waals surface area contributed by atoms with Crippen molar-refractivity contribution in [1.82, 2.24) is 19.5 Å². The van der Waals surface area contributed by atoms with Crippen LogP contribution in [-0.4, -0.2) is 39.1 Å². The number of anilines is 2. The van der Waals surface area contributed by atoms with Crippen molar-refractivity contribution in [3.8, 4) is 22.4 Å². The summed E-state index contributed by atoms with van der Waals surface area (Å²) in [4.78, 5) is 7.29. The minimum atomic E-state index is 0.606. The van der Waals surface area contributed by atoms with Crippen molar-refractivity contribution in [2.75, 3.05) is 25.0 Å². The maximum absolute atomic E-state index is 4.76. The standard InChI is InChI=1S/C29H29N5S/c1-2-18-33(17-1)19-4-5-22-8-14-26(15-9-22)30-29-31-28-7-3-6-27(34(28)32-29)24-12-10-23(11-13-24)25-16-20-35-21-25/h3,6-16,20-21H,1-2,4-5,17-19H2,(H,30,32). The highest BCUT2D eigenvalue weighted by atomic mass is 32.1. The van der Waals surface area contributed by atoms with Gasteiger partial charge in [0.15, 0.2) is 5.65 Å². The Labute approximate surface area is 210 Å². The van der Waals surface area contributed by atoms with Crippen molar-refractivity contribution in [2.45, 2.75) is 25.7 Å². The molecule has 1 fully saturated rings. The molecule has 0 bridgehead atoms. The molecular formula is C29H29N5S. The van der Waals surface area contributed by atoms with Gasteiger partial charge < -0.3 is 10.2 Å². The lowest BCUT2D eigenvalue weighted by Crippen LogP contribution is -2.20. The summed E-state index contributed by atoms with van der Waals surface area (Å²) in [6.45, 7) is 3.76. The van der Waals surface area contributed by atoms with E-state index in [0.29, 0.717) is 5.95 Å². The quantitative estimate of drug-likeness (QED) is 0.263. The largest absolute Gasteiger partial charge is 0.323 e. The normalized spacial score (nSPS) is 14.1. The third kappa shape index (κ3) is 4.99. The van der Waals surface area contributed by atoms with Crippen molar-refractivity contribution in [3.63, 3.8) is 0 Å². The summed E-state index contributed by atoms with van der Waals surface area (Å²) in [7, 11) is 0. The van der Waals surface area contributed by atoms with E-state index < -0.39 is 0 Å². The third-order valence-corrected chi connectivity index (χ3v) is 7.43. The van der Waals surface area contributed by atoms with Gasteiger partial charge in [-0.3, -0.25) is 0 Å². The van der Waals surface area contributed by atoms with Gasteiger partial charge in [0, 0.05) is 11.3 Å². The first-order valence-electron chi connectivity index (χ1n) is 12.4. The zero-order chi connectivity index (χ0) is 23.5. The zero-order valence-electron chi connectivity index (χ0n) is 19.7. The molecule has 1 saturated heterocycles.